The summed E-state index contributed by atoms with van der Waals surface area (Å²) in [5, 5.41) is 3.01. The third kappa shape index (κ3) is 3.83. The van der Waals surface area contributed by atoms with Crippen LogP contribution >= 0.6 is 0 Å². The van der Waals surface area contributed by atoms with Gasteiger partial charge in [0.05, 0.1) is 6.04 Å². The van der Waals surface area contributed by atoms with Crippen LogP contribution in [0.5, 0.6) is 0 Å². The maximum absolute atomic E-state index is 11.5. The molecule has 3 N–H and O–H groups in total. The Morgan fingerprint density at radius 2 is 2.08 bits per heavy atom. The lowest BCUT2D eigenvalue weighted by Gasteiger charge is -2.16. The lowest BCUT2D eigenvalue weighted by molar-refractivity contribution is -0.124. The van der Waals surface area contributed by atoms with E-state index in [1.54, 1.807) is 0 Å². The standard InChI is InChI=1S/C9H20N2O/c1-7(2)9(12)8(11-3)5-4-6-10/h7-8,11H,4-6,10H2,1-3H3. The largest absolute Gasteiger partial charge is 0.330 e. The molecule has 0 saturated heterocycles. The lowest BCUT2D eigenvalue weighted by atomic mass is 9.98. The van der Waals surface area contributed by atoms with Crippen molar-refractivity contribution in [3.8, 4) is 0 Å². The molecule has 0 aliphatic carbocycles. The Labute approximate surface area is 74.7 Å². The van der Waals surface area contributed by atoms with Crippen LogP contribution in [0, 0.1) is 5.92 Å². The molecular formula is C9H20N2O. The molecule has 3 heteroatoms. The average molecular weight is 172 g/mol. The fourth-order valence-electron chi connectivity index (χ4n) is 1.15. The first kappa shape index (κ1) is 11.6. The van der Waals surface area contributed by atoms with Crippen LogP contribution < -0.4 is 11.1 Å². The van der Waals surface area contributed by atoms with E-state index in [9.17, 15) is 4.79 Å². The molecule has 0 aromatic heterocycles. The summed E-state index contributed by atoms with van der Waals surface area (Å²) in [5.74, 6) is 0.395. The van der Waals surface area contributed by atoms with Gasteiger partial charge < -0.3 is 11.1 Å². The highest BCUT2D eigenvalue weighted by atomic mass is 16.1. The fourth-order valence-corrected chi connectivity index (χ4v) is 1.15. The molecule has 0 aliphatic heterocycles. The van der Waals surface area contributed by atoms with Gasteiger partial charge in [0.15, 0.2) is 5.78 Å². The first-order chi connectivity index (χ1) is 5.63. The summed E-state index contributed by atoms with van der Waals surface area (Å²) < 4.78 is 0. The first-order valence-electron chi connectivity index (χ1n) is 4.54. The van der Waals surface area contributed by atoms with Gasteiger partial charge in [-0.2, -0.15) is 0 Å². The highest BCUT2D eigenvalue weighted by Crippen LogP contribution is 2.04. The number of nitrogens with one attached hydrogen (secondary N) is 1. The van der Waals surface area contributed by atoms with Gasteiger partial charge in [-0.3, -0.25) is 4.79 Å². The molecule has 0 heterocycles. The Hall–Kier alpha value is -0.410. The zero-order valence-corrected chi connectivity index (χ0v) is 8.26. The number of hydrogen-bond acceptors (Lipinski definition) is 3. The average Bonchev–Trinajstić information content (AvgIpc) is 2.05. The minimum Gasteiger partial charge on any atom is -0.330 e. The number of ketones is 1. The van der Waals surface area contributed by atoms with Crippen LogP contribution in [0.15, 0.2) is 0 Å². The minimum absolute atomic E-state index is 0.00597. The maximum Gasteiger partial charge on any atom is 0.152 e. The fraction of sp³-hybridized carbons (Fsp3) is 0.889. The summed E-state index contributed by atoms with van der Waals surface area (Å²) in [5.41, 5.74) is 5.37. The summed E-state index contributed by atoms with van der Waals surface area (Å²) in [6.07, 6.45) is 1.76. The molecule has 0 radical (unpaired) electrons. The van der Waals surface area contributed by atoms with Crippen molar-refractivity contribution in [1.82, 2.24) is 5.32 Å². The third-order valence-corrected chi connectivity index (χ3v) is 1.96. The molecule has 3 nitrogen and oxygen atoms in total. The van der Waals surface area contributed by atoms with Gasteiger partial charge in [-0.1, -0.05) is 13.8 Å². The van der Waals surface area contributed by atoms with Gasteiger partial charge >= 0.3 is 0 Å². The van der Waals surface area contributed by atoms with E-state index in [1.165, 1.54) is 0 Å². The number of nitrogens with two attached hydrogens (primary N) is 1. The molecule has 0 aromatic rings. The Morgan fingerprint density at radius 1 is 1.50 bits per heavy atom. The van der Waals surface area contributed by atoms with Gasteiger partial charge in [-0.05, 0) is 26.4 Å². The topological polar surface area (TPSA) is 55.1 Å². The Bertz CT molecular complexity index is 134. The molecular weight excluding hydrogens is 152 g/mol. The van der Waals surface area contributed by atoms with Crippen LogP contribution in [0.2, 0.25) is 0 Å². The summed E-state index contributed by atoms with van der Waals surface area (Å²) in [6, 6.07) is -0.00597. The molecule has 0 fully saturated rings. The number of rotatable bonds is 6. The van der Waals surface area contributed by atoms with Gasteiger partial charge in [-0.15, -0.1) is 0 Å². The summed E-state index contributed by atoms with van der Waals surface area (Å²) in [6.45, 7) is 4.51. The van der Waals surface area contributed by atoms with Gasteiger partial charge in [0.25, 0.3) is 0 Å². The van der Waals surface area contributed by atoms with E-state index < -0.39 is 0 Å². The van der Waals surface area contributed by atoms with Crippen LogP contribution in [0.4, 0.5) is 0 Å². The molecule has 0 amide bonds. The van der Waals surface area contributed by atoms with E-state index in [0.717, 1.165) is 12.8 Å². The highest BCUT2D eigenvalue weighted by molar-refractivity contribution is 5.85. The molecule has 0 bridgehead atoms. The van der Waals surface area contributed by atoms with Crippen molar-refractivity contribution in [3.63, 3.8) is 0 Å². The SMILES string of the molecule is CNC(CCCN)C(=O)C(C)C. The van der Waals surface area contributed by atoms with Crippen molar-refractivity contribution >= 4 is 5.78 Å². The number of hydrogen-bond donors (Lipinski definition) is 2. The zero-order chi connectivity index (χ0) is 9.56. The Balaban J connectivity index is 3.88. The van der Waals surface area contributed by atoms with Crippen molar-refractivity contribution in [3.05, 3.63) is 0 Å². The highest BCUT2D eigenvalue weighted by Gasteiger charge is 2.18. The Morgan fingerprint density at radius 3 is 2.42 bits per heavy atom. The third-order valence-electron chi connectivity index (χ3n) is 1.96. The molecule has 0 saturated carbocycles. The predicted octanol–water partition coefficient (Wildman–Crippen LogP) is 0.538. The lowest BCUT2D eigenvalue weighted by Crippen LogP contribution is -2.37. The van der Waals surface area contributed by atoms with Crippen LogP contribution in [0.1, 0.15) is 26.7 Å². The monoisotopic (exact) mass is 172 g/mol. The van der Waals surface area contributed by atoms with Gasteiger partial charge in [0, 0.05) is 5.92 Å². The summed E-state index contributed by atoms with van der Waals surface area (Å²) in [4.78, 5) is 11.5. The quantitative estimate of drug-likeness (QED) is 0.615. The normalized spacial score (nSPS) is 13.4. The van der Waals surface area contributed by atoms with E-state index in [-0.39, 0.29) is 17.7 Å². The maximum atomic E-state index is 11.5. The molecule has 72 valence electrons. The van der Waals surface area contributed by atoms with E-state index in [0.29, 0.717) is 6.54 Å². The molecule has 0 spiro atoms. The summed E-state index contributed by atoms with van der Waals surface area (Å²) in [7, 11) is 1.82. The smallest absolute Gasteiger partial charge is 0.152 e. The molecule has 0 rings (SSSR count). The molecule has 0 aliphatic rings. The van der Waals surface area contributed by atoms with Crippen LogP contribution in [-0.2, 0) is 4.79 Å². The zero-order valence-electron chi connectivity index (χ0n) is 8.26. The predicted molar refractivity (Wildman–Crippen MR) is 51.0 cm³/mol. The van der Waals surface area contributed by atoms with Crippen molar-refractivity contribution < 1.29 is 4.79 Å². The van der Waals surface area contributed by atoms with E-state index in [4.69, 9.17) is 5.73 Å². The molecule has 12 heavy (non-hydrogen) atoms. The van der Waals surface area contributed by atoms with Crippen molar-refractivity contribution in [2.75, 3.05) is 13.6 Å². The second-order valence-corrected chi connectivity index (χ2v) is 3.33. The van der Waals surface area contributed by atoms with Crippen molar-refractivity contribution in [1.29, 1.82) is 0 Å². The number of Topliss-reactive ketones (excluding diaryl/α,β-unsaturated/α-hetero) is 1. The number of likely N-dealkylation sites (N-methyl/N-ethyl adjacent to an activating group) is 1. The Kier molecular flexibility index (Phi) is 5.93. The van der Waals surface area contributed by atoms with Gasteiger partial charge in [0.2, 0.25) is 0 Å². The van der Waals surface area contributed by atoms with Crippen LogP contribution in [-0.4, -0.2) is 25.4 Å². The summed E-state index contributed by atoms with van der Waals surface area (Å²) >= 11 is 0. The van der Waals surface area contributed by atoms with Gasteiger partial charge in [-0.25, -0.2) is 0 Å². The number of carbonyl (C=O) groups excluding carboxylic acids is 1. The van der Waals surface area contributed by atoms with Gasteiger partial charge in [0.1, 0.15) is 0 Å². The van der Waals surface area contributed by atoms with Crippen LogP contribution in [0.3, 0.4) is 0 Å². The van der Waals surface area contributed by atoms with Crippen molar-refractivity contribution in [2.24, 2.45) is 11.7 Å². The van der Waals surface area contributed by atoms with E-state index in [1.807, 2.05) is 20.9 Å². The molecule has 0 aromatic carbocycles. The first-order valence-corrected chi connectivity index (χ1v) is 4.54. The van der Waals surface area contributed by atoms with Crippen LogP contribution in [0.25, 0.3) is 0 Å². The molecule has 1 atom stereocenters. The van der Waals surface area contributed by atoms with E-state index >= 15 is 0 Å². The second kappa shape index (κ2) is 6.14. The number of carbonyl (C=O) groups is 1. The second-order valence-electron chi connectivity index (χ2n) is 3.33. The van der Waals surface area contributed by atoms with E-state index in [2.05, 4.69) is 5.32 Å². The molecule has 1 unspecified atom stereocenters. The van der Waals surface area contributed by atoms with Crippen molar-refractivity contribution in [2.45, 2.75) is 32.7 Å². The minimum atomic E-state index is -0.00597.